The molecule has 0 spiro atoms. The van der Waals surface area contributed by atoms with E-state index in [0.29, 0.717) is 0 Å². The quantitative estimate of drug-likeness (QED) is 0.392. The molecule has 4 nitrogen and oxygen atoms in total. The Morgan fingerprint density at radius 3 is 1.50 bits per heavy atom. The van der Waals surface area contributed by atoms with E-state index < -0.39 is 15.9 Å². The molecule has 0 bridgehead atoms. The van der Waals surface area contributed by atoms with E-state index >= 15 is 0 Å². The van der Waals surface area contributed by atoms with E-state index in [0.717, 1.165) is 0 Å². The Kier molecular flexibility index (Phi) is 5.29. The van der Waals surface area contributed by atoms with Gasteiger partial charge < -0.3 is 4.89 Å². The molecule has 10 heteroatoms. The molecule has 1 unspecified atom stereocenters. The van der Waals surface area contributed by atoms with Gasteiger partial charge in [0.15, 0.2) is 0 Å². The second-order valence-electron chi connectivity index (χ2n) is 0.927. The Bertz CT molecular complexity index is 159. The Labute approximate surface area is 66.3 Å². The molecule has 10 heavy (non-hydrogen) atoms. The van der Waals surface area contributed by atoms with Crippen LogP contribution in [0.4, 0.5) is 12.6 Å². The van der Waals surface area contributed by atoms with Gasteiger partial charge in [-0.05, 0) is 0 Å². The van der Waals surface area contributed by atoms with Crippen LogP contribution in [0.5, 0.6) is 0 Å². The van der Waals surface area contributed by atoms with Crippen LogP contribution in [0.25, 0.3) is 0 Å². The summed E-state index contributed by atoms with van der Waals surface area (Å²) in [6.45, 7) is 0. The minimum atomic E-state index is -6.24. The second-order valence-corrected chi connectivity index (χ2v) is 3.27. The summed E-state index contributed by atoms with van der Waals surface area (Å²) in [6.07, 6.45) is 0. The maximum atomic E-state index is 11.0. The summed E-state index contributed by atoms with van der Waals surface area (Å²) >= 11 is 0. The summed E-state index contributed by atoms with van der Waals surface area (Å²) in [7, 11) is -12.3. The predicted octanol–water partition coefficient (Wildman–Crippen LogP) is -1.51. The molecular weight excluding hydrogens is 190 g/mol. The minimum Gasteiger partial charge on any atom is -0.752 e. The van der Waals surface area contributed by atoms with Crippen LogP contribution in [0.2, 0.25) is 0 Å². The first-order valence-corrected chi connectivity index (χ1v) is 4.26. The fraction of sp³-hybridized carbons (Fsp3) is 0. The van der Waals surface area contributed by atoms with Crippen LogP contribution < -0.4 is 23.8 Å². The SMILES string of the molecule is O=P([O-])(F)OP(=O)(F)F.[Li+]. The first-order chi connectivity index (χ1) is 3.71. The average molecular weight is 190 g/mol. The zero-order valence-corrected chi connectivity index (χ0v) is 6.45. The van der Waals surface area contributed by atoms with Gasteiger partial charge in [0.05, 0.1) is 0 Å². The van der Waals surface area contributed by atoms with Crippen molar-refractivity contribution in [3.63, 3.8) is 0 Å². The molecule has 0 amide bonds. The molecule has 0 rings (SSSR count). The molecule has 0 aliphatic rings. The molecule has 0 heterocycles. The first kappa shape index (κ1) is 13.4. The summed E-state index contributed by atoms with van der Waals surface area (Å²) in [5, 5.41) is 0. The third-order valence-corrected chi connectivity index (χ3v) is 1.73. The smallest absolute Gasteiger partial charge is 0.752 e. The van der Waals surface area contributed by atoms with Gasteiger partial charge in [-0.25, -0.2) is 8.88 Å². The fourth-order valence-corrected chi connectivity index (χ4v) is 1.02. The predicted molar refractivity (Wildman–Crippen MR) is 19.6 cm³/mol. The van der Waals surface area contributed by atoms with Crippen LogP contribution in [0.15, 0.2) is 0 Å². The standard InChI is InChI=1S/F3HO4P2.Li/c1-8(2,4)7-9(3,5)6;/h(H,5,6);/q;+1/p-1. The van der Waals surface area contributed by atoms with E-state index in [9.17, 15) is 12.6 Å². The van der Waals surface area contributed by atoms with Gasteiger partial charge in [0.2, 0.25) is 0 Å². The topological polar surface area (TPSA) is 66.4 Å². The Morgan fingerprint density at radius 1 is 1.20 bits per heavy atom. The van der Waals surface area contributed by atoms with E-state index in [4.69, 9.17) is 14.0 Å². The average Bonchev–Trinajstić information content (AvgIpc) is 1.14. The number of rotatable bonds is 2. The Hall–Kier alpha value is 0.767. The number of hydrogen-bond acceptors (Lipinski definition) is 4. The van der Waals surface area contributed by atoms with Crippen molar-refractivity contribution < 1.29 is 49.8 Å². The summed E-state index contributed by atoms with van der Waals surface area (Å²) in [5.74, 6) is 0. The van der Waals surface area contributed by atoms with Crippen molar-refractivity contribution in [2.45, 2.75) is 0 Å². The summed E-state index contributed by atoms with van der Waals surface area (Å²) < 4.78 is 53.3. The van der Waals surface area contributed by atoms with E-state index in [1.807, 2.05) is 0 Å². The largest absolute Gasteiger partial charge is 1.00 e. The molecule has 0 saturated heterocycles. The molecule has 0 aliphatic heterocycles. The van der Waals surface area contributed by atoms with Crippen LogP contribution in [-0.2, 0) is 13.4 Å². The number of halogens is 3. The Balaban J connectivity index is 0. The van der Waals surface area contributed by atoms with Gasteiger partial charge in [-0.3, -0.25) is 4.57 Å². The Morgan fingerprint density at radius 2 is 1.50 bits per heavy atom. The van der Waals surface area contributed by atoms with Crippen molar-refractivity contribution in [2.24, 2.45) is 0 Å². The maximum Gasteiger partial charge on any atom is 1.00 e. The van der Waals surface area contributed by atoms with Gasteiger partial charge in [-0.2, -0.15) is 4.20 Å². The van der Waals surface area contributed by atoms with Gasteiger partial charge in [0, 0.05) is 0 Å². The van der Waals surface area contributed by atoms with Crippen molar-refractivity contribution >= 4 is 15.9 Å². The molecule has 0 aromatic rings. The molecule has 0 saturated carbocycles. The van der Waals surface area contributed by atoms with Crippen LogP contribution in [-0.4, -0.2) is 0 Å². The number of hydrogen-bond donors (Lipinski definition) is 0. The zero-order valence-electron chi connectivity index (χ0n) is 4.66. The third-order valence-electron chi connectivity index (χ3n) is 0.193. The van der Waals surface area contributed by atoms with E-state index in [1.54, 1.807) is 0 Å². The third kappa shape index (κ3) is 11.5. The van der Waals surface area contributed by atoms with E-state index in [-0.39, 0.29) is 18.9 Å². The molecule has 0 aromatic carbocycles. The van der Waals surface area contributed by atoms with Crippen LogP contribution in [0, 0.1) is 0 Å². The van der Waals surface area contributed by atoms with Gasteiger partial charge in [-0.1, -0.05) is 0 Å². The fourth-order valence-electron chi connectivity index (χ4n) is 0.114. The molecule has 0 aliphatic carbocycles. The molecule has 0 N–H and O–H groups in total. The molecule has 1 atom stereocenters. The van der Waals surface area contributed by atoms with E-state index in [2.05, 4.69) is 4.31 Å². The van der Waals surface area contributed by atoms with Crippen molar-refractivity contribution in [1.82, 2.24) is 0 Å². The normalized spacial score (nSPS) is 17.2. The second kappa shape index (κ2) is 3.96. The molecule has 0 radical (unpaired) electrons. The molecule has 56 valence electrons. The first-order valence-electron chi connectivity index (χ1n) is 1.42. The summed E-state index contributed by atoms with van der Waals surface area (Å²) in [5.41, 5.74) is 0. The van der Waals surface area contributed by atoms with Crippen molar-refractivity contribution in [1.29, 1.82) is 0 Å². The van der Waals surface area contributed by atoms with Crippen LogP contribution >= 0.6 is 15.9 Å². The molecule has 0 aromatic heterocycles. The van der Waals surface area contributed by atoms with Gasteiger partial charge in [0.1, 0.15) is 0 Å². The molecule has 0 fully saturated rings. The van der Waals surface area contributed by atoms with Gasteiger partial charge >= 0.3 is 34.8 Å². The summed E-state index contributed by atoms with van der Waals surface area (Å²) in [6, 6.07) is 0. The maximum absolute atomic E-state index is 11.0. The van der Waals surface area contributed by atoms with Crippen molar-refractivity contribution in [3.8, 4) is 0 Å². The van der Waals surface area contributed by atoms with E-state index in [1.165, 1.54) is 0 Å². The van der Waals surface area contributed by atoms with Gasteiger partial charge in [-0.15, -0.1) is 8.39 Å². The molecular formula is F3LiO4P2. The monoisotopic (exact) mass is 190 g/mol. The van der Waals surface area contributed by atoms with Crippen LogP contribution in [0.1, 0.15) is 0 Å². The van der Waals surface area contributed by atoms with Crippen LogP contribution in [0.3, 0.4) is 0 Å². The minimum absolute atomic E-state index is 0. The van der Waals surface area contributed by atoms with Crippen molar-refractivity contribution in [2.75, 3.05) is 0 Å². The zero-order chi connectivity index (χ0) is 7.71. The van der Waals surface area contributed by atoms with Gasteiger partial charge in [0.25, 0.3) is 0 Å². The summed E-state index contributed by atoms with van der Waals surface area (Å²) in [4.78, 5) is 9.13. The van der Waals surface area contributed by atoms with Crippen molar-refractivity contribution in [3.05, 3.63) is 0 Å².